The molecule has 5 nitrogen and oxygen atoms in total. The van der Waals surface area contributed by atoms with Gasteiger partial charge in [0, 0.05) is 11.9 Å². The number of carbonyl (C=O) groups excluding carboxylic acids is 2. The smallest absolute Gasteiger partial charge is 0.410 e. The van der Waals surface area contributed by atoms with E-state index in [9.17, 15) is 9.59 Å². The zero-order valence-electron chi connectivity index (χ0n) is 10.1. The van der Waals surface area contributed by atoms with E-state index in [4.69, 9.17) is 4.74 Å². The topological polar surface area (TPSA) is 68.3 Å². The normalized spacial score (nSPS) is 9.68. The van der Waals surface area contributed by atoms with E-state index in [1.807, 2.05) is 0 Å². The Morgan fingerprint density at radius 2 is 1.79 bits per heavy atom. The van der Waals surface area contributed by atoms with Gasteiger partial charge in [0.1, 0.15) is 5.75 Å². The molecule has 96 valence electrons. The van der Waals surface area contributed by atoms with Crippen molar-refractivity contribution < 1.29 is 14.3 Å². The largest absolute Gasteiger partial charge is 0.419 e. The monoisotopic (exact) mass is 256 g/mol. The van der Waals surface area contributed by atoms with Gasteiger partial charge in [-0.05, 0) is 24.3 Å². The molecule has 2 rings (SSSR count). The van der Waals surface area contributed by atoms with E-state index in [2.05, 4.69) is 10.3 Å². The maximum Gasteiger partial charge on any atom is 0.419 e. The molecule has 1 N–H and O–H groups in total. The van der Waals surface area contributed by atoms with Gasteiger partial charge in [-0.3, -0.25) is 15.1 Å². The van der Waals surface area contributed by atoms with Crippen molar-refractivity contribution in [2.45, 2.75) is 6.42 Å². The Morgan fingerprint density at radius 3 is 2.47 bits per heavy atom. The van der Waals surface area contributed by atoms with Gasteiger partial charge < -0.3 is 4.74 Å². The van der Waals surface area contributed by atoms with Gasteiger partial charge in [0.2, 0.25) is 5.91 Å². The van der Waals surface area contributed by atoms with Gasteiger partial charge >= 0.3 is 6.09 Å². The first-order valence-electron chi connectivity index (χ1n) is 5.70. The molecular weight excluding hydrogens is 244 g/mol. The van der Waals surface area contributed by atoms with Crippen LogP contribution in [0.5, 0.6) is 5.75 Å². The summed E-state index contributed by atoms with van der Waals surface area (Å²) in [5.74, 6) is -0.0785. The van der Waals surface area contributed by atoms with Crippen LogP contribution < -0.4 is 10.1 Å². The van der Waals surface area contributed by atoms with Gasteiger partial charge in [-0.2, -0.15) is 0 Å². The molecule has 2 aromatic rings. The van der Waals surface area contributed by atoms with Crippen molar-refractivity contribution in [2.24, 2.45) is 0 Å². The highest BCUT2D eigenvalue weighted by atomic mass is 16.6. The van der Waals surface area contributed by atoms with Crippen LogP contribution in [0.4, 0.5) is 4.79 Å². The van der Waals surface area contributed by atoms with Crippen LogP contribution in [0, 0.1) is 0 Å². The third-order valence-corrected chi connectivity index (χ3v) is 2.26. The molecule has 2 amide bonds. The number of hydrogen-bond acceptors (Lipinski definition) is 4. The van der Waals surface area contributed by atoms with Gasteiger partial charge in [0.25, 0.3) is 0 Å². The number of nitrogens with one attached hydrogen (secondary N) is 1. The highest BCUT2D eigenvalue weighted by Gasteiger charge is 2.10. The molecule has 0 spiro atoms. The number of ether oxygens (including phenoxy) is 1. The van der Waals surface area contributed by atoms with Crippen molar-refractivity contribution in [3.63, 3.8) is 0 Å². The summed E-state index contributed by atoms with van der Waals surface area (Å²) in [6.07, 6.45) is 0.822. The third-order valence-electron chi connectivity index (χ3n) is 2.26. The van der Waals surface area contributed by atoms with Crippen molar-refractivity contribution in [2.75, 3.05) is 0 Å². The van der Waals surface area contributed by atoms with Crippen LogP contribution in [0.3, 0.4) is 0 Å². The number of rotatable bonds is 3. The van der Waals surface area contributed by atoms with E-state index < -0.39 is 12.0 Å². The molecule has 5 heteroatoms. The fraction of sp³-hybridized carbons (Fsp3) is 0.0714. The van der Waals surface area contributed by atoms with Crippen molar-refractivity contribution in [3.8, 4) is 5.75 Å². The minimum atomic E-state index is -0.799. The molecule has 1 aromatic heterocycles. The van der Waals surface area contributed by atoms with E-state index in [1.165, 1.54) is 0 Å². The van der Waals surface area contributed by atoms with Crippen molar-refractivity contribution in [1.82, 2.24) is 10.3 Å². The van der Waals surface area contributed by atoms with E-state index >= 15 is 0 Å². The Bertz CT molecular complexity index is 504. The molecule has 1 heterocycles. The summed E-state index contributed by atoms with van der Waals surface area (Å²) in [7, 11) is 0. The number of para-hydroxylation sites is 1. The molecule has 0 aliphatic heterocycles. The van der Waals surface area contributed by atoms with E-state index in [0.717, 1.165) is 0 Å². The molecule has 0 fully saturated rings. The SMILES string of the molecule is O=C(Cc1ccccn1)NC(=O)Oc1ccccc1. The summed E-state index contributed by atoms with van der Waals surface area (Å²) in [6, 6.07) is 13.8. The number of carbonyl (C=O) groups is 2. The van der Waals surface area contributed by atoms with Crippen LogP contribution >= 0.6 is 0 Å². The predicted molar refractivity (Wildman–Crippen MR) is 68.5 cm³/mol. The van der Waals surface area contributed by atoms with Gasteiger partial charge in [0.15, 0.2) is 0 Å². The Morgan fingerprint density at radius 1 is 1.05 bits per heavy atom. The second-order valence-corrected chi connectivity index (χ2v) is 3.75. The third kappa shape index (κ3) is 4.23. The Balaban J connectivity index is 1.84. The first-order valence-corrected chi connectivity index (χ1v) is 5.70. The quantitative estimate of drug-likeness (QED) is 0.911. The van der Waals surface area contributed by atoms with Gasteiger partial charge in [-0.15, -0.1) is 0 Å². The molecule has 0 radical (unpaired) electrons. The minimum Gasteiger partial charge on any atom is -0.410 e. The second kappa shape index (κ2) is 6.30. The zero-order chi connectivity index (χ0) is 13.5. The Kier molecular flexibility index (Phi) is 4.23. The van der Waals surface area contributed by atoms with E-state index in [0.29, 0.717) is 11.4 Å². The highest BCUT2D eigenvalue weighted by Crippen LogP contribution is 2.08. The zero-order valence-corrected chi connectivity index (χ0v) is 10.1. The molecular formula is C14H12N2O3. The van der Waals surface area contributed by atoms with Crippen LogP contribution in [0.25, 0.3) is 0 Å². The Hall–Kier alpha value is -2.69. The first kappa shape index (κ1) is 12.8. The first-order chi connectivity index (χ1) is 9.24. The van der Waals surface area contributed by atoms with Gasteiger partial charge in [-0.25, -0.2) is 4.79 Å². The molecule has 1 aromatic carbocycles. The van der Waals surface area contributed by atoms with Crippen LogP contribution in [-0.2, 0) is 11.2 Å². The summed E-state index contributed by atoms with van der Waals surface area (Å²) in [5.41, 5.74) is 0.590. The number of pyridine rings is 1. The molecule has 0 atom stereocenters. The Labute approximate surface area is 110 Å². The number of hydrogen-bond donors (Lipinski definition) is 1. The van der Waals surface area contributed by atoms with Crippen LogP contribution in [0.15, 0.2) is 54.7 Å². The lowest BCUT2D eigenvalue weighted by molar-refractivity contribution is -0.119. The maximum atomic E-state index is 11.6. The number of benzene rings is 1. The summed E-state index contributed by atoms with van der Waals surface area (Å²) in [6.45, 7) is 0. The summed E-state index contributed by atoms with van der Waals surface area (Å²) in [4.78, 5) is 27.0. The average molecular weight is 256 g/mol. The number of imide groups is 1. The van der Waals surface area contributed by atoms with E-state index in [-0.39, 0.29) is 6.42 Å². The summed E-state index contributed by atoms with van der Waals surface area (Å²) in [5, 5.41) is 2.14. The van der Waals surface area contributed by atoms with Crippen LogP contribution in [0.2, 0.25) is 0 Å². The lowest BCUT2D eigenvalue weighted by atomic mass is 10.2. The fourth-order valence-electron chi connectivity index (χ4n) is 1.45. The molecule has 19 heavy (non-hydrogen) atoms. The number of nitrogens with zero attached hydrogens (tertiary/aromatic N) is 1. The standard InChI is InChI=1S/C14H12N2O3/c17-13(10-11-6-4-5-9-15-11)16-14(18)19-12-7-2-1-3-8-12/h1-9H,10H2,(H,16,17,18). The second-order valence-electron chi connectivity index (χ2n) is 3.75. The lowest BCUT2D eigenvalue weighted by Gasteiger charge is -2.05. The van der Waals surface area contributed by atoms with E-state index in [1.54, 1.807) is 54.7 Å². The maximum absolute atomic E-state index is 11.6. The van der Waals surface area contributed by atoms with Crippen LogP contribution in [-0.4, -0.2) is 17.0 Å². The van der Waals surface area contributed by atoms with Crippen LogP contribution in [0.1, 0.15) is 5.69 Å². The number of amides is 2. The molecule has 0 aliphatic rings. The van der Waals surface area contributed by atoms with Crippen molar-refractivity contribution in [3.05, 3.63) is 60.4 Å². The van der Waals surface area contributed by atoms with Gasteiger partial charge in [0.05, 0.1) is 6.42 Å². The summed E-state index contributed by atoms with van der Waals surface area (Å²) >= 11 is 0. The molecule has 0 bridgehead atoms. The predicted octanol–water partition coefficient (Wildman–Crippen LogP) is 1.94. The minimum absolute atomic E-state index is 0.0325. The fourth-order valence-corrected chi connectivity index (χ4v) is 1.45. The van der Waals surface area contributed by atoms with Gasteiger partial charge in [-0.1, -0.05) is 24.3 Å². The molecule has 0 aliphatic carbocycles. The number of aromatic nitrogens is 1. The summed E-state index contributed by atoms with van der Waals surface area (Å²) < 4.78 is 4.93. The highest BCUT2D eigenvalue weighted by molar-refractivity contribution is 5.93. The average Bonchev–Trinajstić information content (AvgIpc) is 2.40. The lowest BCUT2D eigenvalue weighted by Crippen LogP contribution is -2.34. The molecule has 0 unspecified atom stereocenters. The van der Waals surface area contributed by atoms with Crippen molar-refractivity contribution >= 4 is 12.0 Å². The molecule has 0 saturated carbocycles. The molecule has 0 saturated heterocycles. The van der Waals surface area contributed by atoms with Crippen molar-refractivity contribution in [1.29, 1.82) is 0 Å².